The molecule has 0 unspecified atom stereocenters. The maximum absolute atomic E-state index is 12.9. The highest BCUT2D eigenvalue weighted by atomic mass is 16.5. The van der Waals surface area contributed by atoms with Crippen molar-refractivity contribution in [3.05, 3.63) is 83.9 Å². The van der Waals surface area contributed by atoms with Gasteiger partial charge in [-0.15, -0.1) is 0 Å². The zero-order chi connectivity index (χ0) is 22.8. The van der Waals surface area contributed by atoms with E-state index in [0.29, 0.717) is 41.5 Å². The van der Waals surface area contributed by atoms with E-state index < -0.39 is 0 Å². The number of carbonyl (C=O) groups excluding carboxylic acids is 2. The number of unbranched alkanes of at least 4 members (excludes halogenated alkanes) is 1. The fourth-order valence-corrected chi connectivity index (χ4v) is 3.05. The molecular weight excluding hydrogens is 404 g/mol. The van der Waals surface area contributed by atoms with Crippen LogP contribution in [0, 0.1) is 0 Å². The van der Waals surface area contributed by atoms with E-state index >= 15 is 0 Å². The lowest BCUT2D eigenvalue weighted by molar-refractivity contribution is 0.102. The van der Waals surface area contributed by atoms with Crippen molar-refractivity contribution in [3.63, 3.8) is 0 Å². The van der Waals surface area contributed by atoms with Crippen LogP contribution in [0.15, 0.2) is 72.8 Å². The van der Waals surface area contributed by atoms with Gasteiger partial charge in [-0.1, -0.05) is 31.5 Å². The van der Waals surface area contributed by atoms with Gasteiger partial charge in [0.2, 0.25) is 0 Å². The molecule has 6 heteroatoms. The number of ether oxygens (including phenoxy) is 2. The number of amides is 2. The van der Waals surface area contributed by atoms with Crippen molar-refractivity contribution in [2.24, 2.45) is 0 Å². The smallest absolute Gasteiger partial charge is 0.257 e. The van der Waals surface area contributed by atoms with Gasteiger partial charge in [-0.2, -0.15) is 0 Å². The zero-order valence-electron chi connectivity index (χ0n) is 18.4. The first-order valence-corrected chi connectivity index (χ1v) is 10.8. The van der Waals surface area contributed by atoms with Gasteiger partial charge in [0.25, 0.3) is 11.8 Å². The maximum Gasteiger partial charge on any atom is 0.257 e. The Balaban J connectivity index is 1.70. The zero-order valence-corrected chi connectivity index (χ0v) is 18.4. The molecule has 0 heterocycles. The molecule has 0 radical (unpaired) electrons. The van der Waals surface area contributed by atoms with Gasteiger partial charge in [0.05, 0.1) is 24.5 Å². The lowest BCUT2D eigenvalue weighted by atomic mass is 10.1. The minimum absolute atomic E-state index is 0.313. The topological polar surface area (TPSA) is 76.7 Å². The van der Waals surface area contributed by atoms with E-state index in [9.17, 15) is 9.59 Å². The second-order valence-electron chi connectivity index (χ2n) is 7.14. The lowest BCUT2D eigenvalue weighted by Gasteiger charge is -2.12. The average molecular weight is 433 g/mol. The Hall–Kier alpha value is -3.80. The van der Waals surface area contributed by atoms with Gasteiger partial charge in [-0.3, -0.25) is 9.59 Å². The Labute approximate surface area is 188 Å². The molecule has 6 nitrogen and oxygen atoms in total. The quantitative estimate of drug-likeness (QED) is 0.399. The van der Waals surface area contributed by atoms with E-state index in [2.05, 4.69) is 17.6 Å². The molecule has 0 spiro atoms. The SMILES string of the molecule is CCCCOc1cccc(C(=O)Nc2ccccc2C(=O)Nc2ccc(OCC)cc2)c1. The number of hydrogen-bond acceptors (Lipinski definition) is 4. The molecule has 0 aliphatic carbocycles. The van der Waals surface area contributed by atoms with Gasteiger partial charge < -0.3 is 20.1 Å². The second kappa shape index (κ2) is 11.6. The summed E-state index contributed by atoms with van der Waals surface area (Å²) in [5.74, 6) is 0.751. The fraction of sp³-hybridized carbons (Fsp3) is 0.231. The summed E-state index contributed by atoms with van der Waals surface area (Å²) in [6.45, 7) is 5.19. The van der Waals surface area contributed by atoms with Crippen LogP contribution in [0.4, 0.5) is 11.4 Å². The molecule has 0 saturated carbocycles. The number of para-hydroxylation sites is 1. The average Bonchev–Trinajstić information content (AvgIpc) is 2.81. The number of benzene rings is 3. The highest BCUT2D eigenvalue weighted by molar-refractivity contribution is 6.12. The van der Waals surface area contributed by atoms with Crippen molar-refractivity contribution in [3.8, 4) is 11.5 Å². The molecule has 0 saturated heterocycles. The number of nitrogens with one attached hydrogen (secondary N) is 2. The van der Waals surface area contributed by atoms with Crippen LogP contribution in [-0.2, 0) is 0 Å². The molecule has 2 N–H and O–H groups in total. The largest absolute Gasteiger partial charge is 0.494 e. The van der Waals surface area contributed by atoms with Crippen molar-refractivity contribution in [1.29, 1.82) is 0 Å². The Morgan fingerprint density at radius 2 is 1.56 bits per heavy atom. The van der Waals surface area contributed by atoms with E-state index in [4.69, 9.17) is 9.47 Å². The fourth-order valence-electron chi connectivity index (χ4n) is 3.05. The highest BCUT2D eigenvalue weighted by Gasteiger charge is 2.15. The molecule has 0 bridgehead atoms. The third kappa shape index (κ3) is 6.35. The highest BCUT2D eigenvalue weighted by Crippen LogP contribution is 2.21. The monoisotopic (exact) mass is 432 g/mol. The molecule has 2 amide bonds. The summed E-state index contributed by atoms with van der Waals surface area (Å²) < 4.78 is 11.1. The molecule has 32 heavy (non-hydrogen) atoms. The van der Waals surface area contributed by atoms with Gasteiger partial charge in [0.15, 0.2) is 0 Å². The molecule has 3 rings (SSSR count). The molecule has 0 aliphatic heterocycles. The van der Waals surface area contributed by atoms with Crippen molar-refractivity contribution < 1.29 is 19.1 Å². The number of anilines is 2. The molecule has 3 aromatic carbocycles. The summed E-state index contributed by atoms with van der Waals surface area (Å²) in [5.41, 5.74) is 1.89. The van der Waals surface area contributed by atoms with E-state index in [1.54, 1.807) is 66.7 Å². The van der Waals surface area contributed by atoms with E-state index in [-0.39, 0.29) is 11.8 Å². The molecule has 3 aromatic rings. The second-order valence-corrected chi connectivity index (χ2v) is 7.14. The molecule has 0 aliphatic rings. The van der Waals surface area contributed by atoms with Gasteiger partial charge in [0.1, 0.15) is 11.5 Å². The third-order valence-electron chi connectivity index (χ3n) is 4.71. The lowest BCUT2D eigenvalue weighted by Crippen LogP contribution is -2.18. The van der Waals surface area contributed by atoms with Crippen LogP contribution in [0.1, 0.15) is 47.4 Å². The number of carbonyl (C=O) groups is 2. The van der Waals surface area contributed by atoms with Crippen LogP contribution in [0.2, 0.25) is 0 Å². The molecule has 0 fully saturated rings. The Bertz CT molecular complexity index is 1050. The normalized spacial score (nSPS) is 10.3. The first-order chi connectivity index (χ1) is 15.6. The number of rotatable bonds is 10. The molecule has 166 valence electrons. The van der Waals surface area contributed by atoms with Crippen molar-refractivity contribution in [1.82, 2.24) is 0 Å². The third-order valence-corrected chi connectivity index (χ3v) is 4.71. The van der Waals surface area contributed by atoms with Crippen LogP contribution < -0.4 is 20.1 Å². The summed E-state index contributed by atoms with van der Waals surface area (Å²) in [6, 6.07) is 21.0. The summed E-state index contributed by atoms with van der Waals surface area (Å²) in [6.07, 6.45) is 1.99. The molecular formula is C26H28N2O4. The first kappa shape index (κ1) is 22.9. The summed E-state index contributed by atoms with van der Waals surface area (Å²) >= 11 is 0. The van der Waals surface area contributed by atoms with Crippen LogP contribution in [-0.4, -0.2) is 25.0 Å². The standard InChI is InChI=1S/C26H28N2O4/c1-3-5-17-32-22-10-8-9-19(18-22)25(29)28-24-12-7-6-11-23(24)26(30)27-20-13-15-21(16-14-20)31-4-2/h6-16,18H,3-5,17H2,1-2H3,(H,27,30)(H,28,29). The Morgan fingerprint density at radius 1 is 0.781 bits per heavy atom. The summed E-state index contributed by atoms with van der Waals surface area (Å²) in [7, 11) is 0. The minimum atomic E-state index is -0.318. The predicted molar refractivity (Wildman–Crippen MR) is 127 cm³/mol. The Morgan fingerprint density at radius 3 is 2.31 bits per heavy atom. The van der Waals surface area contributed by atoms with Crippen molar-refractivity contribution in [2.45, 2.75) is 26.7 Å². The van der Waals surface area contributed by atoms with Crippen LogP contribution in [0.3, 0.4) is 0 Å². The summed E-state index contributed by atoms with van der Waals surface area (Å²) in [4.78, 5) is 25.7. The van der Waals surface area contributed by atoms with Crippen molar-refractivity contribution >= 4 is 23.2 Å². The van der Waals surface area contributed by atoms with Crippen LogP contribution in [0.25, 0.3) is 0 Å². The van der Waals surface area contributed by atoms with Crippen LogP contribution >= 0.6 is 0 Å². The van der Waals surface area contributed by atoms with Gasteiger partial charge >= 0.3 is 0 Å². The van der Waals surface area contributed by atoms with E-state index in [1.807, 2.05) is 13.0 Å². The maximum atomic E-state index is 12.9. The Kier molecular flexibility index (Phi) is 8.26. The first-order valence-electron chi connectivity index (χ1n) is 10.8. The van der Waals surface area contributed by atoms with E-state index in [0.717, 1.165) is 18.6 Å². The summed E-state index contributed by atoms with van der Waals surface area (Å²) in [5, 5.41) is 5.69. The van der Waals surface area contributed by atoms with E-state index in [1.165, 1.54) is 0 Å². The van der Waals surface area contributed by atoms with Gasteiger partial charge in [-0.05, 0) is 67.9 Å². The predicted octanol–water partition coefficient (Wildman–Crippen LogP) is 5.77. The minimum Gasteiger partial charge on any atom is -0.494 e. The van der Waals surface area contributed by atoms with Crippen molar-refractivity contribution in [2.75, 3.05) is 23.8 Å². The number of hydrogen-bond donors (Lipinski definition) is 2. The van der Waals surface area contributed by atoms with Gasteiger partial charge in [0, 0.05) is 11.3 Å². The van der Waals surface area contributed by atoms with Crippen LogP contribution in [0.5, 0.6) is 11.5 Å². The van der Waals surface area contributed by atoms with Gasteiger partial charge in [-0.25, -0.2) is 0 Å². The molecule has 0 atom stereocenters. The molecule has 0 aromatic heterocycles.